The minimum atomic E-state index is -0.851. The largest absolute Gasteiger partial charge is 0.504 e. The van der Waals surface area contributed by atoms with Gasteiger partial charge in [-0.3, -0.25) is 4.79 Å². The molecule has 0 radical (unpaired) electrons. The van der Waals surface area contributed by atoms with Crippen LogP contribution in [-0.4, -0.2) is 27.7 Å². The van der Waals surface area contributed by atoms with Gasteiger partial charge in [0.25, 0.3) is 0 Å². The van der Waals surface area contributed by atoms with E-state index >= 15 is 0 Å². The Bertz CT molecular complexity index is 682. The van der Waals surface area contributed by atoms with E-state index in [0.29, 0.717) is 18.6 Å². The highest BCUT2D eigenvalue weighted by Crippen LogP contribution is 2.66. The van der Waals surface area contributed by atoms with Gasteiger partial charge in [0, 0.05) is 12.0 Å². The van der Waals surface area contributed by atoms with Crippen LogP contribution in [0, 0.1) is 5.92 Å². The molecule has 2 bridgehead atoms. The van der Waals surface area contributed by atoms with E-state index in [1.807, 2.05) is 6.07 Å². The van der Waals surface area contributed by atoms with Crippen molar-refractivity contribution >= 4 is 5.78 Å². The maximum absolute atomic E-state index is 12.5. The van der Waals surface area contributed by atoms with Crippen molar-refractivity contribution in [3.8, 4) is 11.5 Å². The molecule has 2 unspecified atom stereocenters. The molecule has 1 aromatic rings. The number of aromatic hydroxyl groups is 1. The van der Waals surface area contributed by atoms with E-state index < -0.39 is 17.1 Å². The first-order valence-electron chi connectivity index (χ1n) is 7.85. The first-order valence-corrected chi connectivity index (χ1v) is 7.85. The summed E-state index contributed by atoms with van der Waals surface area (Å²) >= 11 is 0. The van der Waals surface area contributed by atoms with E-state index in [1.54, 1.807) is 6.07 Å². The van der Waals surface area contributed by atoms with Gasteiger partial charge >= 0.3 is 0 Å². The number of benzene rings is 1. The fraction of sp³-hybridized carbons (Fsp3) is 0.588. The molecule has 2 fully saturated rings. The van der Waals surface area contributed by atoms with Crippen LogP contribution in [0.5, 0.6) is 11.5 Å². The van der Waals surface area contributed by atoms with E-state index in [1.165, 1.54) is 0 Å². The van der Waals surface area contributed by atoms with Crippen LogP contribution < -0.4 is 4.74 Å². The van der Waals surface area contributed by atoms with Crippen molar-refractivity contribution in [3.63, 3.8) is 0 Å². The summed E-state index contributed by atoms with van der Waals surface area (Å²) in [7, 11) is 0. The van der Waals surface area contributed by atoms with Crippen LogP contribution in [0.15, 0.2) is 12.1 Å². The SMILES string of the molecule is O=C1CC[C@@]2(O)[C@@H]3CCCC24c2c(ccc(O)c2OC14)C3. The summed E-state index contributed by atoms with van der Waals surface area (Å²) in [5.74, 6) is 0.820. The minimum Gasteiger partial charge on any atom is -0.504 e. The fourth-order valence-electron chi connectivity index (χ4n) is 5.64. The van der Waals surface area contributed by atoms with Gasteiger partial charge in [0.2, 0.25) is 0 Å². The molecule has 0 aromatic heterocycles. The number of ether oxygens (including phenoxy) is 1. The molecule has 1 aromatic carbocycles. The average molecular weight is 286 g/mol. The Kier molecular flexibility index (Phi) is 1.97. The van der Waals surface area contributed by atoms with Gasteiger partial charge in [-0.1, -0.05) is 12.5 Å². The standard InChI is InChI=1S/C17H18O4/c18-11-4-3-9-8-10-2-1-6-16-13(9)14(11)21-15(16)12(19)5-7-17(10,16)20/h3-4,10,15,18,20H,1-2,5-8H2/t10-,15?,16?,17-/m1/s1. The highest BCUT2D eigenvalue weighted by Gasteiger charge is 2.71. The zero-order valence-corrected chi connectivity index (χ0v) is 11.8. The molecule has 2 N–H and O–H groups in total. The molecular formula is C17H18O4. The van der Waals surface area contributed by atoms with Crippen molar-refractivity contribution in [2.75, 3.05) is 0 Å². The quantitative estimate of drug-likeness (QED) is 0.763. The number of phenols is 1. The molecule has 110 valence electrons. The third-order valence-corrected chi connectivity index (χ3v) is 6.44. The summed E-state index contributed by atoms with van der Waals surface area (Å²) < 4.78 is 5.93. The van der Waals surface area contributed by atoms with Crippen LogP contribution in [0.2, 0.25) is 0 Å². The zero-order chi connectivity index (χ0) is 14.4. The second-order valence-corrected chi connectivity index (χ2v) is 7.10. The van der Waals surface area contributed by atoms with Crippen molar-refractivity contribution < 1.29 is 19.7 Å². The third-order valence-electron chi connectivity index (χ3n) is 6.44. The van der Waals surface area contributed by atoms with Crippen molar-refractivity contribution in [1.82, 2.24) is 0 Å². The molecule has 0 amide bonds. The Labute approximate surface area is 122 Å². The second-order valence-electron chi connectivity index (χ2n) is 7.10. The number of ketones is 1. The molecule has 1 spiro atoms. The van der Waals surface area contributed by atoms with Crippen molar-refractivity contribution in [2.24, 2.45) is 5.92 Å². The predicted octanol–water partition coefficient (Wildman–Crippen LogP) is 1.84. The van der Waals surface area contributed by atoms with Gasteiger partial charge in [-0.05, 0) is 43.2 Å². The van der Waals surface area contributed by atoms with Crippen LogP contribution in [0.1, 0.15) is 43.2 Å². The Morgan fingerprint density at radius 1 is 1.29 bits per heavy atom. The van der Waals surface area contributed by atoms with Gasteiger partial charge in [-0.2, -0.15) is 0 Å². The molecular weight excluding hydrogens is 268 g/mol. The number of hydrogen-bond acceptors (Lipinski definition) is 4. The van der Waals surface area contributed by atoms with E-state index in [4.69, 9.17) is 4.74 Å². The Morgan fingerprint density at radius 2 is 2.14 bits per heavy atom. The van der Waals surface area contributed by atoms with Crippen LogP contribution in [0.3, 0.4) is 0 Å². The van der Waals surface area contributed by atoms with E-state index in [-0.39, 0.29) is 17.5 Å². The minimum absolute atomic E-state index is 0.0729. The van der Waals surface area contributed by atoms with Gasteiger partial charge in [-0.15, -0.1) is 0 Å². The molecule has 5 rings (SSSR count). The van der Waals surface area contributed by atoms with Crippen molar-refractivity contribution in [3.05, 3.63) is 23.3 Å². The van der Waals surface area contributed by atoms with Crippen LogP contribution in [0.4, 0.5) is 0 Å². The maximum Gasteiger partial charge on any atom is 0.174 e. The molecule has 0 saturated heterocycles. The topological polar surface area (TPSA) is 66.8 Å². The lowest BCUT2D eigenvalue weighted by atomic mass is 9.46. The first kappa shape index (κ1) is 12.0. The van der Waals surface area contributed by atoms with Gasteiger partial charge in [-0.25, -0.2) is 0 Å². The molecule has 21 heavy (non-hydrogen) atoms. The van der Waals surface area contributed by atoms with Gasteiger partial charge in [0.05, 0.1) is 11.0 Å². The second kappa shape index (κ2) is 3.43. The highest BCUT2D eigenvalue weighted by atomic mass is 16.5. The molecule has 4 nitrogen and oxygen atoms in total. The molecule has 1 aliphatic heterocycles. The Hall–Kier alpha value is -1.55. The summed E-state index contributed by atoms with van der Waals surface area (Å²) in [6, 6.07) is 3.60. The lowest BCUT2D eigenvalue weighted by Crippen LogP contribution is -2.69. The van der Waals surface area contributed by atoms with Gasteiger partial charge in [0.1, 0.15) is 0 Å². The summed E-state index contributed by atoms with van der Waals surface area (Å²) in [5, 5.41) is 21.7. The predicted molar refractivity (Wildman–Crippen MR) is 74.4 cm³/mol. The molecule has 4 aliphatic rings. The number of Topliss-reactive ketones (excluding diaryl/α,β-unsaturated/α-hetero) is 1. The van der Waals surface area contributed by atoms with Crippen LogP contribution in [0.25, 0.3) is 0 Å². The Balaban J connectivity index is 1.89. The molecule has 3 aliphatic carbocycles. The zero-order valence-electron chi connectivity index (χ0n) is 11.8. The fourth-order valence-corrected chi connectivity index (χ4v) is 5.64. The molecule has 1 heterocycles. The number of phenolic OH excluding ortho intramolecular Hbond substituents is 1. The number of rotatable bonds is 0. The number of aliphatic hydroxyl groups is 1. The normalized spacial score (nSPS) is 42.4. The lowest BCUT2D eigenvalue weighted by molar-refractivity contribution is -0.177. The maximum atomic E-state index is 12.5. The van der Waals surface area contributed by atoms with Gasteiger partial charge < -0.3 is 14.9 Å². The number of carbonyl (C=O) groups is 1. The Morgan fingerprint density at radius 3 is 3.00 bits per heavy atom. The van der Waals surface area contributed by atoms with Crippen molar-refractivity contribution in [1.29, 1.82) is 0 Å². The highest BCUT2D eigenvalue weighted by molar-refractivity contribution is 5.89. The third kappa shape index (κ3) is 1.10. The van der Waals surface area contributed by atoms with E-state index in [2.05, 4.69) is 0 Å². The molecule has 4 heteroatoms. The molecule has 4 atom stereocenters. The van der Waals surface area contributed by atoms with Crippen molar-refractivity contribution in [2.45, 2.75) is 55.6 Å². The summed E-state index contributed by atoms with van der Waals surface area (Å²) in [5.41, 5.74) is 0.608. The summed E-state index contributed by atoms with van der Waals surface area (Å²) in [4.78, 5) is 12.5. The summed E-state index contributed by atoms with van der Waals surface area (Å²) in [6.45, 7) is 0. The van der Waals surface area contributed by atoms with Crippen LogP contribution in [-0.2, 0) is 16.6 Å². The molecule has 2 saturated carbocycles. The van der Waals surface area contributed by atoms with Gasteiger partial charge in [0.15, 0.2) is 23.4 Å². The van der Waals surface area contributed by atoms with Crippen LogP contribution >= 0.6 is 0 Å². The number of carbonyl (C=O) groups excluding carboxylic acids is 1. The first-order chi connectivity index (χ1) is 10.1. The van der Waals surface area contributed by atoms with E-state index in [0.717, 1.165) is 36.8 Å². The summed E-state index contributed by atoms with van der Waals surface area (Å²) in [6.07, 6.45) is 3.92. The monoisotopic (exact) mass is 286 g/mol. The van der Waals surface area contributed by atoms with E-state index in [9.17, 15) is 15.0 Å². The lowest BCUT2D eigenvalue weighted by Gasteiger charge is -2.59. The smallest absolute Gasteiger partial charge is 0.174 e. The average Bonchev–Trinajstić information content (AvgIpc) is 2.80. The number of hydrogen-bond donors (Lipinski definition) is 2.